The quantitative estimate of drug-likeness (QED) is 0.869. The van der Waals surface area contributed by atoms with Crippen molar-refractivity contribution in [2.24, 2.45) is 11.7 Å². The van der Waals surface area contributed by atoms with Crippen LogP contribution in [0.4, 0.5) is 5.13 Å². The number of benzene rings is 1. The molecule has 3 rings (SSSR count). The van der Waals surface area contributed by atoms with E-state index in [9.17, 15) is 4.79 Å². The largest absolute Gasteiger partial charge is 0.328 e. The van der Waals surface area contributed by atoms with Crippen LogP contribution >= 0.6 is 23.7 Å². The van der Waals surface area contributed by atoms with Gasteiger partial charge in [0.25, 0.3) is 0 Å². The average molecular weight is 367 g/mol. The van der Waals surface area contributed by atoms with E-state index < -0.39 is 0 Å². The van der Waals surface area contributed by atoms with E-state index >= 15 is 0 Å². The second-order valence-corrected chi connectivity index (χ2v) is 7.34. The van der Waals surface area contributed by atoms with Gasteiger partial charge in [0.05, 0.1) is 0 Å². The standard InChI is InChI=1S/C17H22N4OS.ClH/c1-11-5-7-12(8-6-11)9-15-20-21-17(23-15)19-16(22)13-3-2-4-14(18)10-13;/h5-8,13-14H,2-4,9-10,18H2,1H3,(H,19,21,22);1H. The molecule has 0 radical (unpaired) electrons. The molecule has 1 aromatic carbocycles. The van der Waals surface area contributed by atoms with Crippen LogP contribution in [-0.2, 0) is 11.2 Å². The number of aryl methyl sites for hydroxylation is 1. The van der Waals surface area contributed by atoms with E-state index in [1.807, 2.05) is 0 Å². The molecule has 5 nitrogen and oxygen atoms in total. The fourth-order valence-electron chi connectivity index (χ4n) is 2.93. The summed E-state index contributed by atoms with van der Waals surface area (Å²) in [6, 6.07) is 8.51. The van der Waals surface area contributed by atoms with Crippen molar-refractivity contribution in [1.82, 2.24) is 10.2 Å². The van der Waals surface area contributed by atoms with Gasteiger partial charge in [-0.3, -0.25) is 4.79 Å². The summed E-state index contributed by atoms with van der Waals surface area (Å²) in [5.41, 5.74) is 8.39. The van der Waals surface area contributed by atoms with E-state index in [-0.39, 0.29) is 30.3 Å². The molecule has 130 valence electrons. The van der Waals surface area contributed by atoms with Crippen molar-refractivity contribution in [3.63, 3.8) is 0 Å². The Morgan fingerprint density at radius 1 is 1.29 bits per heavy atom. The van der Waals surface area contributed by atoms with E-state index in [0.29, 0.717) is 5.13 Å². The molecule has 0 saturated heterocycles. The number of nitrogens with one attached hydrogen (secondary N) is 1. The van der Waals surface area contributed by atoms with Gasteiger partial charge in [0.2, 0.25) is 11.0 Å². The van der Waals surface area contributed by atoms with Crippen LogP contribution in [0.25, 0.3) is 0 Å². The summed E-state index contributed by atoms with van der Waals surface area (Å²) < 4.78 is 0. The summed E-state index contributed by atoms with van der Waals surface area (Å²) in [5, 5.41) is 12.6. The molecule has 24 heavy (non-hydrogen) atoms. The molecule has 1 heterocycles. The summed E-state index contributed by atoms with van der Waals surface area (Å²) in [5.74, 6) is 0.0291. The summed E-state index contributed by atoms with van der Waals surface area (Å²) in [6.07, 6.45) is 4.45. The first kappa shape index (κ1) is 18.8. The number of nitrogens with zero attached hydrogens (tertiary/aromatic N) is 2. The molecule has 1 fully saturated rings. The lowest BCUT2D eigenvalue weighted by Gasteiger charge is -2.25. The van der Waals surface area contributed by atoms with Gasteiger partial charge in [-0.05, 0) is 31.7 Å². The highest BCUT2D eigenvalue weighted by molar-refractivity contribution is 7.15. The minimum atomic E-state index is 0. The molecule has 0 aliphatic heterocycles. The molecule has 1 saturated carbocycles. The molecule has 3 N–H and O–H groups in total. The Morgan fingerprint density at radius 2 is 2.04 bits per heavy atom. The number of hydrogen-bond acceptors (Lipinski definition) is 5. The van der Waals surface area contributed by atoms with Crippen molar-refractivity contribution in [3.8, 4) is 0 Å². The maximum Gasteiger partial charge on any atom is 0.229 e. The Hall–Kier alpha value is -1.50. The highest BCUT2D eigenvalue weighted by Gasteiger charge is 2.26. The number of anilines is 1. The fourth-order valence-corrected chi connectivity index (χ4v) is 3.71. The summed E-state index contributed by atoms with van der Waals surface area (Å²) in [7, 11) is 0. The zero-order valence-electron chi connectivity index (χ0n) is 13.7. The Balaban J connectivity index is 0.00000208. The zero-order chi connectivity index (χ0) is 16.2. The molecule has 1 aliphatic carbocycles. The van der Waals surface area contributed by atoms with Gasteiger partial charge in [-0.1, -0.05) is 47.6 Å². The first-order chi connectivity index (χ1) is 11.1. The van der Waals surface area contributed by atoms with Gasteiger partial charge in [0.1, 0.15) is 5.01 Å². The number of nitrogens with two attached hydrogens (primary N) is 1. The van der Waals surface area contributed by atoms with Crippen LogP contribution in [0.2, 0.25) is 0 Å². The maximum absolute atomic E-state index is 12.3. The molecule has 0 bridgehead atoms. The van der Waals surface area contributed by atoms with Crippen LogP contribution in [-0.4, -0.2) is 22.1 Å². The van der Waals surface area contributed by atoms with E-state index in [1.54, 1.807) is 0 Å². The molecule has 1 amide bonds. The Kier molecular flexibility index (Phi) is 6.71. The van der Waals surface area contributed by atoms with Gasteiger partial charge in [-0.2, -0.15) is 0 Å². The molecule has 2 atom stereocenters. The van der Waals surface area contributed by atoms with Gasteiger partial charge in [-0.15, -0.1) is 22.6 Å². The number of hydrogen-bond donors (Lipinski definition) is 2. The van der Waals surface area contributed by atoms with Gasteiger partial charge >= 0.3 is 0 Å². The lowest BCUT2D eigenvalue weighted by atomic mass is 9.86. The molecular formula is C17H23ClN4OS. The minimum absolute atomic E-state index is 0. The van der Waals surface area contributed by atoms with Crippen LogP contribution in [0.15, 0.2) is 24.3 Å². The molecule has 0 spiro atoms. The predicted octanol–water partition coefficient (Wildman–Crippen LogP) is 3.32. The normalized spacial score (nSPS) is 20.2. The number of carbonyl (C=O) groups excluding carboxylic acids is 1. The molecule has 1 aliphatic rings. The second kappa shape index (κ2) is 8.55. The van der Waals surface area contributed by atoms with Crippen LogP contribution in [0.5, 0.6) is 0 Å². The molecule has 1 aromatic heterocycles. The molecule has 2 aromatic rings. The average Bonchev–Trinajstić information content (AvgIpc) is 2.96. The highest BCUT2D eigenvalue weighted by Crippen LogP contribution is 2.25. The minimum Gasteiger partial charge on any atom is -0.328 e. The topological polar surface area (TPSA) is 80.9 Å². The van der Waals surface area contributed by atoms with Crippen molar-refractivity contribution in [1.29, 1.82) is 0 Å². The number of halogens is 1. The van der Waals surface area contributed by atoms with Gasteiger partial charge in [0, 0.05) is 18.4 Å². The van der Waals surface area contributed by atoms with Gasteiger partial charge in [-0.25, -0.2) is 0 Å². The van der Waals surface area contributed by atoms with Crippen LogP contribution < -0.4 is 11.1 Å². The monoisotopic (exact) mass is 366 g/mol. The van der Waals surface area contributed by atoms with Crippen molar-refractivity contribution in [2.75, 3.05) is 5.32 Å². The molecule has 2 unspecified atom stereocenters. The fraction of sp³-hybridized carbons (Fsp3) is 0.471. The third-order valence-corrected chi connectivity index (χ3v) is 5.10. The predicted molar refractivity (Wildman–Crippen MR) is 99.7 cm³/mol. The van der Waals surface area contributed by atoms with Crippen LogP contribution in [0.3, 0.4) is 0 Å². The first-order valence-corrected chi connectivity index (χ1v) is 8.86. The maximum atomic E-state index is 12.3. The Morgan fingerprint density at radius 3 is 2.75 bits per heavy atom. The van der Waals surface area contributed by atoms with Crippen LogP contribution in [0, 0.1) is 12.8 Å². The second-order valence-electron chi connectivity index (χ2n) is 6.28. The summed E-state index contributed by atoms with van der Waals surface area (Å²) in [4.78, 5) is 12.3. The third kappa shape index (κ3) is 5.00. The lowest BCUT2D eigenvalue weighted by molar-refractivity contribution is -0.120. The number of amides is 1. The van der Waals surface area contributed by atoms with Crippen molar-refractivity contribution in [3.05, 3.63) is 40.4 Å². The number of aromatic nitrogens is 2. The third-order valence-electron chi connectivity index (χ3n) is 4.26. The Bertz CT molecular complexity index is 673. The van der Waals surface area contributed by atoms with Gasteiger partial charge < -0.3 is 11.1 Å². The Labute approximate surface area is 152 Å². The number of carbonyl (C=O) groups is 1. The van der Waals surface area contributed by atoms with Crippen molar-refractivity contribution in [2.45, 2.75) is 45.1 Å². The molecular weight excluding hydrogens is 344 g/mol. The highest BCUT2D eigenvalue weighted by atomic mass is 35.5. The lowest BCUT2D eigenvalue weighted by Crippen LogP contribution is -2.34. The smallest absolute Gasteiger partial charge is 0.229 e. The van der Waals surface area contributed by atoms with Crippen molar-refractivity contribution >= 4 is 34.8 Å². The van der Waals surface area contributed by atoms with Crippen molar-refractivity contribution < 1.29 is 4.79 Å². The zero-order valence-corrected chi connectivity index (χ0v) is 15.3. The van der Waals surface area contributed by atoms with Gasteiger partial charge in [0.15, 0.2) is 0 Å². The number of rotatable bonds is 4. The SMILES string of the molecule is Cc1ccc(Cc2nnc(NC(=O)C3CCCC(N)C3)s2)cc1.Cl. The van der Waals surface area contributed by atoms with E-state index in [2.05, 4.69) is 46.7 Å². The van der Waals surface area contributed by atoms with Crippen LogP contribution in [0.1, 0.15) is 41.8 Å². The van der Waals surface area contributed by atoms with E-state index in [4.69, 9.17) is 5.73 Å². The van der Waals surface area contributed by atoms with E-state index in [0.717, 1.165) is 37.1 Å². The first-order valence-electron chi connectivity index (χ1n) is 8.04. The van der Waals surface area contributed by atoms with E-state index in [1.165, 1.54) is 22.5 Å². The summed E-state index contributed by atoms with van der Waals surface area (Å²) in [6.45, 7) is 2.07. The summed E-state index contributed by atoms with van der Waals surface area (Å²) >= 11 is 1.44. The molecule has 7 heteroatoms.